The minimum atomic E-state index is -4.97. The highest BCUT2D eigenvalue weighted by atomic mass is 19.4. The van der Waals surface area contributed by atoms with Crippen molar-refractivity contribution in [2.75, 3.05) is 11.9 Å². The van der Waals surface area contributed by atoms with Crippen molar-refractivity contribution in [2.45, 2.75) is 25.7 Å². The van der Waals surface area contributed by atoms with Gasteiger partial charge in [0.25, 0.3) is 0 Å². The quantitative estimate of drug-likeness (QED) is 0.675. The SMILES string of the molecule is Cc1ccc(CCNC(=O)Nc2cc(C(F)(F)F)cc(C(F)(F)F)c2)cc1. The lowest BCUT2D eigenvalue weighted by Gasteiger charge is -2.15. The number of urea groups is 1. The lowest BCUT2D eigenvalue weighted by atomic mass is 10.1. The Hall–Kier alpha value is -2.71. The number of rotatable bonds is 4. The number of carbonyl (C=O) groups is 1. The molecule has 2 aromatic rings. The molecule has 9 heteroatoms. The summed E-state index contributed by atoms with van der Waals surface area (Å²) in [5.41, 5.74) is -1.58. The first-order valence-corrected chi connectivity index (χ1v) is 7.85. The van der Waals surface area contributed by atoms with E-state index in [1.165, 1.54) is 0 Å². The molecular weight excluding hydrogens is 374 g/mol. The fraction of sp³-hybridized carbons (Fsp3) is 0.278. The average Bonchev–Trinajstić information content (AvgIpc) is 2.55. The summed E-state index contributed by atoms with van der Waals surface area (Å²) in [6, 6.07) is 7.50. The number of nitrogens with one attached hydrogen (secondary N) is 2. The van der Waals surface area contributed by atoms with Crippen LogP contribution in [0.1, 0.15) is 22.3 Å². The third-order valence-corrected chi connectivity index (χ3v) is 3.67. The van der Waals surface area contributed by atoms with E-state index in [-0.39, 0.29) is 12.6 Å². The van der Waals surface area contributed by atoms with Crippen molar-refractivity contribution in [3.8, 4) is 0 Å². The number of halogens is 6. The minimum absolute atomic E-state index is 0.000472. The summed E-state index contributed by atoms with van der Waals surface area (Å²) in [5, 5.41) is 4.41. The summed E-state index contributed by atoms with van der Waals surface area (Å²) in [4.78, 5) is 11.8. The van der Waals surface area contributed by atoms with Gasteiger partial charge >= 0.3 is 18.4 Å². The molecule has 0 radical (unpaired) electrons. The van der Waals surface area contributed by atoms with Gasteiger partial charge in [0.15, 0.2) is 0 Å². The molecule has 0 saturated heterocycles. The molecule has 2 rings (SSSR count). The molecule has 27 heavy (non-hydrogen) atoms. The molecule has 0 fully saturated rings. The van der Waals surface area contributed by atoms with E-state index in [0.717, 1.165) is 11.1 Å². The third kappa shape index (κ3) is 6.19. The maximum Gasteiger partial charge on any atom is 0.416 e. The monoisotopic (exact) mass is 390 g/mol. The second-order valence-electron chi connectivity index (χ2n) is 5.91. The molecule has 2 aromatic carbocycles. The number of aryl methyl sites for hydroxylation is 1. The summed E-state index contributed by atoms with van der Waals surface area (Å²) in [6.45, 7) is 2.08. The van der Waals surface area contributed by atoms with Gasteiger partial charge in [-0.25, -0.2) is 4.79 Å². The van der Waals surface area contributed by atoms with Gasteiger partial charge in [0, 0.05) is 12.2 Å². The number of benzene rings is 2. The first kappa shape index (κ1) is 20.6. The van der Waals surface area contributed by atoms with Gasteiger partial charge in [-0.3, -0.25) is 0 Å². The van der Waals surface area contributed by atoms with Gasteiger partial charge in [-0.05, 0) is 37.1 Å². The van der Waals surface area contributed by atoms with Crippen molar-refractivity contribution >= 4 is 11.7 Å². The number of hydrogen-bond acceptors (Lipinski definition) is 1. The molecule has 0 saturated carbocycles. The molecule has 3 nitrogen and oxygen atoms in total. The van der Waals surface area contributed by atoms with Crippen molar-refractivity contribution in [1.29, 1.82) is 0 Å². The summed E-state index contributed by atoms with van der Waals surface area (Å²) in [5.74, 6) is 0. The van der Waals surface area contributed by atoms with Crippen LogP contribution >= 0.6 is 0 Å². The van der Waals surface area contributed by atoms with E-state index in [0.29, 0.717) is 18.6 Å². The van der Waals surface area contributed by atoms with E-state index in [9.17, 15) is 31.1 Å². The van der Waals surface area contributed by atoms with E-state index in [1.54, 1.807) is 0 Å². The van der Waals surface area contributed by atoms with Gasteiger partial charge in [-0.15, -0.1) is 0 Å². The van der Waals surface area contributed by atoms with Gasteiger partial charge in [-0.2, -0.15) is 26.3 Å². The molecule has 0 atom stereocenters. The van der Waals surface area contributed by atoms with E-state index < -0.39 is 35.2 Å². The van der Waals surface area contributed by atoms with Crippen LogP contribution in [-0.4, -0.2) is 12.6 Å². The smallest absolute Gasteiger partial charge is 0.338 e. The van der Waals surface area contributed by atoms with Crippen molar-refractivity contribution in [2.24, 2.45) is 0 Å². The van der Waals surface area contributed by atoms with E-state index >= 15 is 0 Å². The molecule has 2 amide bonds. The van der Waals surface area contributed by atoms with Crippen LogP contribution in [0.25, 0.3) is 0 Å². The number of alkyl halides is 6. The highest BCUT2D eigenvalue weighted by Gasteiger charge is 2.37. The van der Waals surface area contributed by atoms with Crippen molar-refractivity contribution in [3.63, 3.8) is 0 Å². The van der Waals surface area contributed by atoms with Crippen LogP contribution in [0.2, 0.25) is 0 Å². The molecule has 0 aliphatic rings. The topological polar surface area (TPSA) is 41.1 Å². The Morgan fingerprint density at radius 3 is 1.89 bits per heavy atom. The van der Waals surface area contributed by atoms with Crippen LogP contribution in [0, 0.1) is 6.92 Å². The average molecular weight is 390 g/mol. The van der Waals surface area contributed by atoms with Crippen molar-refractivity contribution < 1.29 is 31.1 Å². The Balaban J connectivity index is 2.04. The summed E-state index contributed by atoms with van der Waals surface area (Å²) < 4.78 is 76.8. The van der Waals surface area contributed by atoms with Crippen LogP contribution in [0.5, 0.6) is 0 Å². The van der Waals surface area contributed by atoms with Crippen LogP contribution in [-0.2, 0) is 18.8 Å². The summed E-state index contributed by atoms with van der Waals surface area (Å²) >= 11 is 0. The first-order chi connectivity index (χ1) is 12.4. The number of hydrogen-bond donors (Lipinski definition) is 2. The van der Waals surface area contributed by atoms with Crippen LogP contribution in [0.3, 0.4) is 0 Å². The first-order valence-electron chi connectivity index (χ1n) is 7.85. The zero-order valence-corrected chi connectivity index (χ0v) is 14.1. The predicted molar refractivity (Wildman–Crippen MR) is 88.4 cm³/mol. The van der Waals surface area contributed by atoms with E-state index in [2.05, 4.69) is 5.32 Å². The second kappa shape index (κ2) is 7.89. The van der Waals surface area contributed by atoms with Crippen LogP contribution in [0.15, 0.2) is 42.5 Å². The molecule has 0 aromatic heterocycles. The summed E-state index contributed by atoms with van der Waals surface area (Å²) in [6.07, 6.45) is -9.48. The molecule has 0 bridgehead atoms. The predicted octanol–water partition coefficient (Wildman–Crippen LogP) is 5.40. The lowest BCUT2D eigenvalue weighted by Crippen LogP contribution is -2.30. The van der Waals surface area contributed by atoms with Gasteiger partial charge in [-0.1, -0.05) is 29.8 Å². The molecule has 0 heterocycles. The molecule has 2 N–H and O–H groups in total. The zero-order chi connectivity index (χ0) is 20.2. The summed E-state index contributed by atoms with van der Waals surface area (Å²) in [7, 11) is 0. The highest BCUT2D eigenvalue weighted by molar-refractivity contribution is 5.89. The zero-order valence-electron chi connectivity index (χ0n) is 14.1. The lowest BCUT2D eigenvalue weighted by molar-refractivity contribution is -0.143. The van der Waals surface area contributed by atoms with Crippen LogP contribution < -0.4 is 10.6 Å². The number of amides is 2. The highest BCUT2D eigenvalue weighted by Crippen LogP contribution is 2.37. The maximum absolute atomic E-state index is 12.8. The Kier molecular flexibility index (Phi) is 6.02. The van der Waals surface area contributed by atoms with Gasteiger partial charge in [0.1, 0.15) is 0 Å². The molecule has 0 aliphatic heterocycles. The van der Waals surface area contributed by atoms with Crippen molar-refractivity contribution in [1.82, 2.24) is 5.32 Å². The Bertz CT molecular complexity index is 765. The second-order valence-corrected chi connectivity index (χ2v) is 5.91. The molecule has 0 aliphatic carbocycles. The van der Waals surface area contributed by atoms with E-state index in [4.69, 9.17) is 0 Å². The molecule has 0 spiro atoms. The Morgan fingerprint density at radius 2 is 1.41 bits per heavy atom. The number of anilines is 1. The van der Waals surface area contributed by atoms with E-state index in [1.807, 2.05) is 36.5 Å². The largest absolute Gasteiger partial charge is 0.416 e. The molecule has 0 unspecified atom stereocenters. The van der Waals surface area contributed by atoms with Gasteiger partial charge in [0.2, 0.25) is 0 Å². The normalized spacial score (nSPS) is 12.0. The number of carbonyl (C=O) groups excluding carboxylic acids is 1. The van der Waals surface area contributed by atoms with Gasteiger partial charge < -0.3 is 10.6 Å². The van der Waals surface area contributed by atoms with Crippen molar-refractivity contribution in [3.05, 3.63) is 64.7 Å². The van der Waals surface area contributed by atoms with Gasteiger partial charge in [0.05, 0.1) is 11.1 Å². The fourth-order valence-electron chi connectivity index (χ4n) is 2.28. The fourth-order valence-corrected chi connectivity index (χ4v) is 2.28. The Labute approximate surface area is 151 Å². The maximum atomic E-state index is 12.8. The Morgan fingerprint density at radius 1 is 0.889 bits per heavy atom. The standard InChI is InChI=1S/C18H16F6N2O/c1-11-2-4-12(5-3-11)6-7-25-16(27)26-15-9-13(17(19,20)21)8-14(10-15)18(22,23)24/h2-5,8-10H,6-7H2,1H3,(H2,25,26,27). The minimum Gasteiger partial charge on any atom is -0.338 e. The van der Waals surface area contributed by atoms with Crippen LogP contribution in [0.4, 0.5) is 36.8 Å². The third-order valence-electron chi connectivity index (χ3n) is 3.67. The molecule has 146 valence electrons. The molecular formula is C18H16F6N2O.